The number of aromatic nitrogens is 2. The summed E-state index contributed by atoms with van der Waals surface area (Å²) in [7, 11) is 0. The molecule has 2 N–H and O–H groups in total. The minimum absolute atomic E-state index is 0.119. The van der Waals surface area contributed by atoms with Crippen molar-refractivity contribution in [2.45, 2.75) is 0 Å². The molecule has 1 heterocycles. The Morgan fingerprint density at radius 2 is 2.31 bits per heavy atom. The van der Waals surface area contributed by atoms with Crippen molar-refractivity contribution in [2.24, 2.45) is 0 Å². The maximum atomic E-state index is 13.4. The van der Waals surface area contributed by atoms with Gasteiger partial charge in [0.15, 0.2) is 0 Å². The topological polar surface area (TPSA) is 57.8 Å². The van der Waals surface area contributed by atoms with Crippen molar-refractivity contribution in [1.82, 2.24) is 10.2 Å². The van der Waals surface area contributed by atoms with Crippen LogP contribution in [0.25, 0.3) is 0 Å². The molecule has 0 bridgehead atoms. The average molecular weight is 284 g/mol. The van der Waals surface area contributed by atoms with Gasteiger partial charge in [-0.15, -0.1) is 0 Å². The van der Waals surface area contributed by atoms with Crippen molar-refractivity contribution >= 4 is 27.5 Å². The molecular formula is C10H7BrFN3O. The molecule has 0 aliphatic heterocycles. The van der Waals surface area contributed by atoms with Gasteiger partial charge in [-0.3, -0.25) is 9.89 Å². The van der Waals surface area contributed by atoms with Crippen LogP contribution in [0.4, 0.5) is 10.1 Å². The van der Waals surface area contributed by atoms with Crippen molar-refractivity contribution < 1.29 is 9.18 Å². The highest BCUT2D eigenvalue weighted by molar-refractivity contribution is 9.10. The normalized spacial score (nSPS) is 10.1. The molecule has 4 nitrogen and oxygen atoms in total. The van der Waals surface area contributed by atoms with Crippen molar-refractivity contribution in [2.75, 3.05) is 5.32 Å². The second-order valence-electron chi connectivity index (χ2n) is 3.04. The fraction of sp³-hybridized carbons (Fsp3) is 0. The predicted molar refractivity (Wildman–Crippen MR) is 60.6 cm³/mol. The van der Waals surface area contributed by atoms with Gasteiger partial charge in [-0.25, -0.2) is 4.39 Å². The lowest BCUT2D eigenvalue weighted by Gasteiger charge is -2.06. The van der Waals surface area contributed by atoms with Crippen LogP contribution in [0.2, 0.25) is 0 Å². The van der Waals surface area contributed by atoms with E-state index in [9.17, 15) is 9.18 Å². The first-order valence-corrected chi connectivity index (χ1v) is 5.22. The highest BCUT2D eigenvalue weighted by Crippen LogP contribution is 2.25. The Morgan fingerprint density at radius 1 is 1.50 bits per heavy atom. The Bertz CT molecular complexity index is 493. The third-order valence-electron chi connectivity index (χ3n) is 1.96. The van der Waals surface area contributed by atoms with Gasteiger partial charge in [-0.2, -0.15) is 5.10 Å². The van der Waals surface area contributed by atoms with Crippen LogP contribution >= 0.6 is 15.9 Å². The third-order valence-corrected chi connectivity index (χ3v) is 2.62. The van der Waals surface area contributed by atoms with Crippen LogP contribution in [-0.2, 0) is 0 Å². The number of nitrogens with one attached hydrogen (secondary N) is 2. The molecule has 1 aromatic carbocycles. The van der Waals surface area contributed by atoms with E-state index in [2.05, 4.69) is 31.4 Å². The van der Waals surface area contributed by atoms with Gasteiger partial charge in [-0.1, -0.05) is 6.07 Å². The minimum atomic E-state index is -0.494. The number of para-hydroxylation sites is 1. The molecule has 0 atom stereocenters. The standard InChI is InChI=1S/C10H7BrFN3O/c11-7-2-1-3-8(12)9(7)15-10(16)6-4-13-14-5-6/h1-5H,(H,13,14)(H,15,16). The molecule has 6 heteroatoms. The fourth-order valence-electron chi connectivity index (χ4n) is 1.18. The van der Waals surface area contributed by atoms with E-state index in [1.807, 2.05) is 0 Å². The summed E-state index contributed by atoms with van der Waals surface area (Å²) in [6.07, 6.45) is 2.80. The molecule has 0 saturated heterocycles. The van der Waals surface area contributed by atoms with Gasteiger partial charge in [0.1, 0.15) is 5.82 Å². The van der Waals surface area contributed by atoms with Crippen molar-refractivity contribution in [3.8, 4) is 0 Å². The second-order valence-corrected chi connectivity index (χ2v) is 3.89. The van der Waals surface area contributed by atoms with Gasteiger partial charge in [0, 0.05) is 10.7 Å². The molecule has 0 fully saturated rings. The Hall–Kier alpha value is -1.69. The lowest BCUT2D eigenvalue weighted by Crippen LogP contribution is -2.12. The minimum Gasteiger partial charge on any atom is -0.318 e. The first kappa shape index (κ1) is 10.8. The third kappa shape index (κ3) is 2.11. The number of carbonyl (C=O) groups is 1. The summed E-state index contributed by atoms with van der Waals surface area (Å²) in [5.41, 5.74) is 0.462. The van der Waals surface area contributed by atoms with Gasteiger partial charge in [0.25, 0.3) is 5.91 Å². The molecule has 2 aromatic rings. The summed E-state index contributed by atoms with van der Waals surface area (Å²) in [5.74, 6) is -0.911. The number of anilines is 1. The van der Waals surface area contributed by atoms with E-state index in [4.69, 9.17) is 0 Å². The van der Waals surface area contributed by atoms with Gasteiger partial charge < -0.3 is 5.32 Å². The van der Waals surface area contributed by atoms with Gasteiger partial charge in [-0.05, 0) is 28.1 Å². The highest BCUT2D eigenvalue weighted by Gasteiger charge is 2.12. The molecule has 0 unspecified atom stereocenters. The van der Waals surface area contributed by atoms with Gasteiger partial charge in [0.2, 0.25) is 0 Å². The van der Waals surface area contributed by atoms with Crippen LogP contribution in [0.5, 0.6) is 0 Å². The molecule has 0 radical (unpaired) electrons. The number of benzene rings is 1. The molecule has 16 heavy (non-hydrogen) atoms. The molecule has 2 rings (SSSR count). The zero-order valence-electron chi connectivity index (χ0n) is 8.00. The summed E-state index contributed by atoms with van der Waals surface area (Å²) in [4.78, 5) is 11.6. The summed E-state index contributed by atoms with van der Waals surface area (Å²) >= 11 is 3.16. The van der Waals surface area contributed by atoms with Crippen LogP contribution in [-0.4, -0.2) is 16.1 Å². The highest BCUT2D eigenvalue weighted by atomic mass is 79.9. The monoisotopic (exact) mass is 283 g/mol. The number of rotatable bonds is 2. The molecule has 0 saturated carbocycles. The SMILES string of the molecule is O=C(Nc1c(F)cccc1Br)c1cn[nH]c1. The first-order chi connectivity index (χ1) is 7.68. The molecular weight excluding hydrogens is 277 g/mol. The quantitative estimate of drug-likeness (QED) is 0.890. The number of halogens is 2. The fourth-order valence-corrected chi connectivity index (χ4v) is 1.62. The van der Waals surface area contributed by atoms with Crippen molar-refractivity contribution in [3.63, 3.8) is 0 Å². The van der Waals surface area contributed by atoms with Crippen LogP contribution in [0, 0.1) is 5.82 Å². The summed E-state index contributed by atoms with van der Waals surface area (Å²) < 4.78 is 13.9. The summed E-state index contributed by atoms with van der Waals surface area (Å²) in [6.45, 7) is 0. The number of aromatic amines is 1. The Labute approximate surface area is 99.0 Å². The van der Waals surface area contributed by atoms with E-state index in [1.165, 1.54) is 18.5 Å². The number of H-pyrrole nitrogens is 1. The lowest BCUT2D eigenvalue weighted by molar-refractivity contribution is 0.102. The summed E-state index contributed by atoms with van der Waals surface area (Å²) in [6, 6.07) is 4.47. The average Bonchev–Trinajstić information content (AvgIpc) is 2.76. The Kier molecular flexibility index (Phi) is 3.00. The maximum absolute atomic E-state index is 13.4. The van der Waals surface area contributed by atoms with Gasteiger partial charge >= 0.3 is 0 Å². The number of hydrogen-bond donors (Lipinski definition) is 2. The van der Waals surface area contributed by atoms with Crippen LogP contribution in [0.1, 0.15) is 10.4 Å². The zero-order chi connectivity index (χ0) is 11.5. The lowest BCUT2D eigenvalue weighted by atomic mass is 10.2. The number of nitrogens with zero attached hydrogens (tertiary/aromatic N) is 1. The van der Waals surface area contributed by atoms with Crippen molar-refractivity contribution in [1.29, 1.82) is 0 Å². The van der Waals surface area contributed by atoms with Crippen molar-refractivity contribution in [3.05, 3.63) is 46.4 Å². The van der Waals surface area contributed by atoms with Crippen LogP contribution in [0.15, 0.2) is 35.1 Å². The largest absolute Gasteiger partial charge is 0.318 e. The van der Waals surface area contributed by atoms with E-state index < -0.39 is 11.7 Å². The molecule has 0 spiro atoms. The van der Waals surface area contributed by atoms with E-state index in [0.29, 0.717) is 10.0 Å². The van der Waals surface area contributed by atoms with Crippen LogP contribution in [0.3, 0.4) is 0 Å². The molecule has 82 valence electrons. The van der Waals surface area contributed by atoms with E-state index in [0.717, 1.165) is 0 Å². The Morgan fingerprint density at radius 3 is 2.94 bits per heavy atom. The summed E-state index contributed by atoms with van der Waals surface area (Å²) in [5, 5.41) is 8.61. The maximum Gasteiger partial charge on any atom is 0.258 e. The molecule has 1 aromatic heterocycles. The van der Waals surface area contributed by atoms with Gasteiger partial charge in [0.05, 0.1) is 17.4 Å². The molecule has 0 aliphatic rings. The Balaban J connectivity index is 2.25. The number of hydrogen-bond acceptors (Lipinski definition) is 2. The predicted octanol–water partition coefficient (Wildman–Crippen LogP) is 2.56. The van der Waals surface area contributed by atoms with E-state index in [-0.39, 0.29) is 5.69 Å². The zero-order valence-corrected chi connectivity index (χ0v) is 9.58. The smallest absolute Gasteiger partial charge is 0.258 e. The first-order valence-electron chi connectivity index (χ1n) is 4.42. The van der Waals surface area contributed by atoms with E-state index >= 15 is 0 Å². The second kappa shape index (κ2) is 4.44. The number of amides is 1. The number of carbonyl (C=O) groups excluding carboxylic acids is 1. The molecule has 1 amide bonds. The van der Waals surface area contributed by atoms with E-state index in [1.54, 1.807) is 12.1 Å². The van der Waals surface area contributed by atoms with Crippen LogP contribution < -0.4 is 5.32 Å². The molecule has 0 aliphatic carbocycles.